The molecule has 23 heavy (non-hydrogen) atoms. The zero-order valence-corrected chi connectivity index (χ0v) is 13.4. The van der Waals surface area contributed by atoms with E-state index in [1.165, 1.54) is 30.0 Å². The highest BCUT2D eigenvalue weighted by molar-refractivity contribution is 7.99. The van der Waals surface area contributed by atoms with Crippen molar-refractivity contribution in [1.82, 2.24) is 9.55 Å². The fourth-order valence-electron chi connectivity index (χ4n) is 2.30. The van der Waals surface area contributed by atoms with Crippen LogP contribution in [0.2, 0.25) is 0 Å². The molecule has 3 aromatic rings. The van der Waals surface area contributed by atoms with E-state index >= 15 is 0 Å². The molecular formula is C18H15FN2OS. The maximum Gasteiger partial charge on any atom is 0.257 e. The number of benzene rings is 2. The van der Waals surface area contributed by atoms with Gasteiger partial charge in [-0.05, 0) is 41.7 Å². The predicted octanol–water partition coefficient (Wildman–Crippen LogP) is 4.64. The lowest BCUT2D eigenvalue weighted by atomic mass is 10.2. The lowest BCUT2D eigenvalue weighted by Gasteiger charge is -2.03. The molecule has 0 amide bonds. The number of thioether (sulfide) groups is 1. The van der Waals surface area contributed by atoms with Gasteiger partial charge in [-0.3, -0.25) is 9.36 Å². The van der Waals surface area contributed by atoms with Crippen molar-refractivity contribution in [3.8, 4) is 0 Å². The summed E-state index contributed by atoms with van der Waals surface area (Å²) in [4.78, 5) is 17.1. The van der Waals surface area contributed by atoms with Crippen molar-refractivity contribution in [3.05, 3.63) is 66.0 Å². The first-order chi connectivity index (χ1) is 11.2. The van der Waals surface area contributed by atoms with Crippen LogP contribution in [0.5, 0.6) is 0 Å². The summed E-state index contributed by atoms with van der Waals surface area (Å²) in [6, 6.07) is 13.7. The van der Waals surface area contributed by atoms with Crippen molar-refractivity contribution in [2.75, 3.05) is 5.75 Å². The van der Waals surface area contributed by atoms with Gasteiger partial charge in [0, 0.05) is 6.08 Å². The van der Waals surface area contributed by atoms with Gasteiger partial charge in [0.05, 0.1) is 11.0 Å². The predicted molar refractivity (Wildman–Crippen MR) is 92.2 cm³/mol. The summed E-state index contributed by atoms with van der Waals surface area (Å²) in [5.41, 5.74) is 2.21. The smallest absolute Gasteiger partial charge is 0.257 e. The summed E-state index contributed by atoms with van der Waals surface area (Å²) in [5, 5.41) is 0.669. The van der Waals surface area contributed by atoms with Crippen molar-refractivity contribution >= 4 is 34.8 Å². The van der Waals surface area contributed by atoms with Crippen LogP contribution in [-0.4, -0.2) is 21.2 Å². The molecule has 0 saturated carbocycles. The number of fused-ring (bicyclic) bond motifs is 1. The lowest BCUT2D eigenvalue weighted by molar-refractivity contribution is 0.0965. The van der Waals surface area contributed by atoms with Gasteiger partial charge in [0.1, 0.15) is 5.82 Å². The Morgan fingerprint density at radius 3 is 2.87 bits per heavy atom. The van der Waals surface area contributed by atoms with E-state index in [2.05, 4.69) is 4.98 Å². The SMILES string of the molecule is CCSc1nc2ccccc2n1C(=O)/C=C/c1cccc(F)c1. The van der Waals surface area contributed by atoms with Gasteiger partial charge in [0.15, 0.2) is 5.16 Å². The summed E-state index contributed by atoms with van der Waals surface area (Å²) in [5.74, 6) is 0.304. The van der Waals surface area contributed by atoms with Gasteiger partial charge in [-0.2, -0.15) is 0 Å². The van der Waals surface area contributed by atoms with Gasteiger partial charge in [0.25, 0.3) is 5.91 Å². The van der Waals surface area contributed by atoms with Crippen molar-refractivity contribution in [2.24, 2.45) is 0 Å². The average molecular weight is 326 g/mol. The standard InChI is InChI=1S/C18H15FN2OS/c1-2-23-18-20-15-8-3-4-9-16(15)21(18)17(22)11-10-13-6-5-7-14(19)12-13/h3-12H,2H2,1H3/b11-10+. The van der Waals surface area contributed by atoms with E-state index < -0.39 is 0 Å². The molecule has 0 spiro atoms. The largest absolute Gasteiger partial charge is 0.269 e. The number of aromatic nitrogens is 2. The second kappa shape index (κ2) is 6.79. The second-order valence-electron chi connectivity index (χ2n) is 4.88. The first-order valence-electron chi connectivity index (χ1n) is 7.27. The molecule has 1 aromatic heterocycles. The minimum Gasteiger partial charge on any atom is -0.269 e. The monoisotopic (exact) mass is 326 g/mol. The Morgan fingerprint density at radius 1 is 1.26 bits per heavy atom. The van der Waals surface area contributed by atoms with Gasteiger partial charge in [-0.25, -0.2) is 9.37 Å². The number of carbonyl (C=O) groups is 1. The molecule has 0 atom stereocenters. The van der Waals surface area contributed by atoms with E-state index in [-0.39, 0.29) is 11.7 Å². The molecule has 3 rings (SSSR count). The van der Waals surface area contributed by atoms with Crippen molar-refractivity contribution in [1.29, 1.82) is 0 Å². The molecule has 0 saturated heterocycles. The summed E-state index contributed by atoms with van der Waals surface area (Å²) in [6.07, 6.45) is 3.06. The lowest BCUT2D eigenvalue weighted by Crippen LogP contribution is -2.08. The third-order valence-electron chi connectivity index (χ3n) is 3.29. The maximum absolute atomic E-state index is 13.2. The number of hydrogen-bond acceptors (Lipinski definition) is 3. The topological polar surface area (TPSA) is 34.9 Å². The molecule has 2 aromatic carbocycles. The molecule has 1 heterocycles. The van der Waals surface area contributed by atoms with Crippen LogP contribution < -0.4 is 0 Å². The summed E-state index contributed by atoms with van der Waals surface area (Å²) in [6.45, 7) is 2.02. The number of nitrogens with zero attached hydrogens (tertiary/aromatic N) is 2. The van der Waals surface area contributed by atoms with Crippen molar-refractivity contribution in [3.63, 3.8) is 0 Å². The van der Waals surface area contributed by atoms with Gasteiger partial charge in [-0.15, -0.1) is 0 Å². The molecule has 3 nitrogen and oxygen atoms in total. The zero-order valence-electron chi connectivity index (χ0n) is 12.6. The second-order valence-corrected chi connectivity index (χ2v) is 6.11. The van der Waals surface area contributed by atoms with Gasteiger partial charge >= 0.3 is 0 Å². The molecule has 0 aliphatic heterocycles. The Balaban J connectivity index is 1.98. The third-order valence-corrected chi connectivity index (χ3v) is 4.11. The summed E-state index contributed by atoms with van der Waals surface area (Å²) < 4.78 is 14.8. The van der Waals surface area contributed by atoms with Crippen LogP contribution in [0.1, 0.15) is 17.3 Å². The molecule has 0 N–H and O–H groups in total. The van der Waals surface area contributed by atoms with Gasteiger partial charge < -0.3 is 0 Å². The minimum absolute atomic E-state index is 0.195. The van der Waals surface area contributed by atoms with Gasteiger partial charge in [0.2, 0.25) is 0 Å². The molecule has 0 bridgehead atoms. The maximum atomic E-state index is 13.2. The number of para-hydroxylation sites is 2. The number of imidazole rings is 1. The first kappa shape index (κ1) is 15.5. The van der Waals surface area contributed by atoms with Crippen LogP contribution >= 0.6 is 11.8 Å². The van der Waals surface area contributed by atoms with E-state index in [1.807, 2.05) is 31.2 Å². The number of carbonyl (C=O) groups excluding carboxylic acids is 1. The highest BCUT2D eigenvalue weighted by Crippen LogP contribution is 2.24. The van der Waals surface area contributed by atoms with Crippen LogP contribution in [0.15, 0.2) is 59.8 Å². The Morgan fingerprint density at radius 2 is 2.09 bits per heavy atom. The van der Waals surface area contributed by atoms with Crippen molar-refractivity contribution < 1.29 is 9.18 Å². The molecule has 0 aliphatic rings. The Kier molecular flexibility index (Phi) is 4.57. The van der Waals surface area contributed by atoms with Crippen molar-refractivity contribution in [2.45, 2.75) is 12.1 Å². The summed E-state index contributed by atoms with van der Waals surface area (Å²) >= 11 is 1.52. The number of allylic oxidation sites excluding steroid dienone is 1. The number of rotatable bonds is 4. The van der Waals surface area contributed by atoms with E-state index in [9.17, 15) is 9.18 Å². The Labute approximate surface area is 137 Å². The van der Waals surface area contributed by atoms with Crippen LogP contribution in [0.25, 0.3) is 17.1 Å². The third kappa shape index (κ3) is 3.35. The Bertz CT molecular complexity index is 886. The number of halogens is 1. The molecule has 0 unspecified atom stereocenters. The van der Waals surface area contributed by atoms with Crippen LogP contribution in [-0.2, 0) is 0 Å². The van der Waals surface area contributed by atoms with E-state index in [1.54, 1.807) is 22.8 Å². The first-order valence-corrected chi connectivity index (χ1v) is 8.26. The molecule has 0 aliphatic carbocycles. The van der Waals surface area contributed by atoms with Gasteiger partial charge in [-0.1, -0.05) is 43.0 Å². The molecule has 0 fully saturated rings. The highest BCUT2D eigenvalue weighted by Gasteiger charge is 2.14. The highest BCUT2D eigenvalue weighted by atomic mass is 32.2. The normalized spacial score (nSPS) is 11.4. The number of hydrogen-bond donors (Lipinski definition) is 0. The fourth-order valence-corrected chi connectivity index (χ4v) is 3.03. The molecule has 0 radical (unpaired) electrons. The minimum atomic E-state index is -0.324. The quantitative estimate of drug-likeness (QED) is 0.517. The fraction of sp³-hybridized carbons (Fsp3) is 0.111. The molecule has 116 valence electrons. The van der Waals surface area contributed by atoms with Crippen LogP contribution in [0.3, 0.4) is 0 Å². The molecule has 5 heteroatoms. The van der Waals surface area contributed by atoms with E-state index in [0.717, 1.165) is 16.8 Å². The molecular weight excluding hydrogens is 311 g/mol. The van der Waals surface area contributed by atoms with E-state index in [4.69, 9.17) is 0 Å². The van der Waals surface area contributed by atoms with E-state index in [0.29, 0.717) is 10.7 Å². The zero-order chi connectivity index (χ0) is 16.2. The van der Waals surface area contributed by atoms with Crippen LogP contribution in [0, 0.1) is 5.82 Å². The Hall–Kier alpha value is -2.40. The van der Waals surface area contributed by atoms with Crippen LogP contribution in [0.4, 0.5) is 4.39 Å². The summed E-state index contributed by atoms with van der Waals surface area (Å²) in [7, 11) is 0. The average Bonchev–Trinajstić information content (AvgIpc) is 2.91.